The number of imide groups is 1. The molecule has 0 aliphatic carbocycles. The molecule has 7 nitrogen and oxygen atoms in total. The maximum atomic E-state index is 10.2. The van der Waals surface area contributed by atoms with Gasteiger partial charge in [-0.15, -0.1) is 0 Å². The number of carboxylic acids is 1. The molecule has 0 radical (unpaired) electrons. The Labute approximate surface area is 91.5 Å². The van der Waals surface area contributed by atoms with Crippen LogP contribution < -0.4 is 10.6 Å². The molecule has 0 unspecified atom stereocenters. The molecule has 3 amide bonds. The van der Waals surface area contributed by atoms with Gasteiger partial charge in [-0.25, -0.2) is 0 Å². The lowest BCUT2D eigenvalue weighted by Crippen LogP contribution is -2.27. The van der Waals surface area contributed by atoms with Crippen molar-refractivity contribution >= 4 is 23.7 Å². The van der Waals surface area contributed by atoms with Gasteiger partial charge in [0.15, 0.2) is 0 Å². The van der Waals surface area contributed by atoms with E-state index in [1.54, 1.807) is 0 Å². The van der Waals surface area contributed by atoms with Crippen LogP contribution in [-0.2, 0) is 19.2 Å². The van der Waals surface area contributed by atoms with Crippen LogP contribution in [0.5, 0.6) is 0 Å². The Hall–Kier alpha value is -2.18. The monoisotopic (exact) mass is 228 g/mol. The lowest BCUT2D eigenvalue weighted by Gasteiger charge is -1.93. The highest BCUT2D eigenvalue weighted by molar-refractivity contribution is 6.01. The van der Waals surface area contributed by atoms with Crippen LogP contribution in [0.2, 0.25) is 0 Å². The van der Waals surface area contributed by atoms with E-state index in [1.807, 2.05) is 0 Å². The molecule has 0 aromatic carbocycles. The number of carboxylic acid groups (broad SMARTS) is 1. The van der Waals surface area contributed by atoms with Gasteiger partial charge in [0.2, 0.25) is 17.7 Å². The normalized spacial score (nSPS) is 13.2. The maximum Gasteiger partial charge on any atom is 0.322 e. The number of hydrogen-bond acceptors (Lipinski definition) is 4. The quantitative estimate of drug-likeness (QED) is 0.414. The van der Waals surface area contributed by atoms with Crippen molar-refractivity contribution in [1.29, 1.82) is 0 Å². The van der Waals surface area contributed by atoms with Crippen molar-refractivity contribution < 1.29 is 24.3 Å². The highest BCUT2D eigenvalue weighted by Crippen LogP contribution is 1.95. The molecule has 1 aliphatic rings. The first kappa shape index (κ1) is 13.8. The lowest BCUT2D eigenvalue weighted by molar-refractivity contribution is -0.137. The SMILES string of the molecule is C=CC(=O)NCC(=O)O.O=C1CCC(=O)N1. The maximum absolute atomic E-state index is 10.2. The Morgan fingerprint density at radius 1 is 1.38 bits per heavy atom. The number of carbonyl (C=O) groups is 4. The second kappa shape index (κ2) is 7.16. The second-order valence-corrected chi connectivity index (χ2v) is 2.79. The van der Waals surface area contributed by atoms with E-state index in [0.717, 1.165) is 6.08 Å². The Morgan fingerprint density at radius 2 is 1.88 bits per heavy atom. The molecule has 1 heterocycles. The van der Waals surface area contributed by atoms with E-state index in [4.69, 9.17) is 5.11 Å². The summed E-state index contributed by atoms with van der Waals surface area (Å²) in [5.41, 5.74) is 0. The predicted molar refractivity (Wildman–Crippen MR) is 53.2 cm³/mol. The fourth-order valence-corrected chi connectivity index (χ4v) is 0.742. The van der Waals surface area contributed by atoms with Crippen molar-refractivity contribution in [3.8, 4) is 0 Å². The molecule has 1 aliphatic heterocycles. The molecule has 1 saturated heterocycles. The van der Waals surface area contributed by atoms with Crippen molar-refractivity contribution in [3.05, 3.63) is 12.7 Å². The highest BCUT2D eigenvalue weighted by Gasteiger charge is 2.15. The minimum atomic E-state index is -1.06. The standard InChI is InChI=1S/C5H7NO3.C4H5NO2/c1-2-4(7)6-3-5(8)9;6-3-1-2-4(7)5-3/h2H,1,3H2,(H,6,7)(H,8,9);1-2H2,(H,5,6,7). The molecule has 3 N–H and O–H groups in total. The summed E-state index contributed by atoms with van der Waals surface area (Å²) in [7, 11) is 0. The van der Waals surface area contributed by atoms with Crippen LogP contribution in [0.1, 0.15) is 12.8 Å². The van der Waals surface area contributed by atoms with Gasteiger partial charge in [-0.1, -0.05) is 6.58 Å². The van der Waals surface area contributed by atoms with Gasteiger partial charge in [-0.05, 0) is 6.08 Å². The van der Waals surface area contributed by atoms with E-state index in [2.05, 4.69) is 17.2 Å². The van der Waals surface area contributed by atoms with Gasteiger partial charge in [0.05, 0.1) is 0 Å². The van der Waals surface area contributed by atoms with Gasteiger partial charge in [0, 0.05) is 12.8 Å². The average Bonchev–Trinajstić information content (AvgIpc) is 2.59. The van der Waals surface area contributed by atoms with Gasteiger partial charge < -0.3 is 10.4 Å². The summed E-state index contributed by atoms with van der Waals surface area (Å²) in [5, 5.41) is 12.2. The number of aliphatic carboxylic acids is 1. The molecule has 1 rings (SSSR count). The lowest BCUT2D eigenvalue weighted by atomic mass is 10.4. The summed E-state index contributed by atoms with van der Waals surface area (Å²) >= 11 is 0. The summed E-state index contributed by atoms with van der Waals surface area (Å²) in [4.78, 5) is 40.2. The zero-order valence-electron chi connectivity index (χ0n) is 8.49. The van der Waals surface area contributed by atoms with Crippen LogP contribution in [0.15, 0.2) is 12.7 Å². The van der Waals surface area contributed by atoms with Crippen molar-refractivity contribution in [2.45, 2.75) is 12.8 Å². The zero-order valence-corrected chi connectivity index (χ0v) is 8.49. The molecule has 16 heavy (non-hydrogen) atoms. The molecule has 0 bridgehead atoms. The first-order valence-electron chi connectivity index (χ1n) is 4.40. The Bertz CT molecular complexity index is 310. The molecule has 0 saturated carbocycles. The van der Waals surface area contributed by atoms with Crippen LogP contribution in [0.4, 0.5) is 0 Å². The summed E-state index contributed by atoms with van der Waals surface area (Å²) in [6.45, 7) is 2.78. The number of hydrogen-bond donors (Lipinski definition) is 3. The van der Waals surface area contributed by atoms with E-state index >= 15 is 0 Å². The fourth-order valence-electron chi connectivity index (χ4n) is 0.742. The molecule has 0 aromatic rings. The average molecular weight is 228 g/mol. The molecular formula is C9H12N2O5. The third-order valence-corrected chi connectivity index (χ3v) is 1.46. The van der Waals surface area contributed by atoms with Crippen LogP contribution in [0.3, 0.4) is 0 Å². The highest BCUT2D eigenvalue weighted by atomic mass is 16.4. The van der Waals surface area contributed by atoms with Gasteiger partial charge in [0.1, 0.15) is 6.54 Å². The van der Waals surface area contributed by atoms with E-state index in [9.17, 15) is 19.2 Å². The van der Waals surface area contributed by atoms with E-state index in [-0.39, 0.29) is 18.4 Å². The second-order valence-electron chi connectivity index (χ2n) is 2.79. The number of nitrogens with one attached hydrogen (secondary N) is 2. The number of amides is 3. The minimum Gasteiger partial charge on any atom is -0.480 e. The van der Waals surface area contributed by atoms with Crippen molar-refractivity contribution in [2.75, 3.05) is 6.54 Å². The molecular weight excluding hydrogens is 216 g/mol. The number of carbonyl (C=O) groups excluding carboxylic acids is 3. The van der Waals surface area contributed by atoms with Crippen LogP contribution in [0.25, 0.3) is 0 Å². The summed E-state index contributed by atoms with van der Waals surface area (Å²) in [6, 6.07) is 0. The van der Waals surface area contributed by atoms with Crippen molar-refractivity contribution in [3.63, 3.8) is 0 Å². The van der Waals surface area contributed by atoms with Gasteiger partial charge in [0.25, 0.3) is 0 Å². The topological polar surface area (TPSA) is 113 Å². The molecule has 0 spiro atoms. The summed E-state index contributed by atoms with van der Waals surface area (Å²) in [6.07, 6.45) is 1.76. The smallest absolute Gasteiger partial charge is 0.322 e. The zero-order chi connectivity index (χ0) is 12.6. The van der Waals surface area contributed by atoms with Crippen LogP contribution in [0, 0.1) is 0 Å². The van der Waals surface area contributed by atoms with Crippen LogP contribution >= 0.6 is 0 Å². The van der Waals surface area contributed by atoms with Crippen molar-refractivity contribution in [2.24, 2.45) is 0 Å². The van der Waals surface area contributed by atoms with E-state index in [0.29, 0.717) is 12.8 Å². The van der Waals surface area contributed by atoms with E-state index in [1.165, 1.54) is 0 Å². The van der Waals surface area contributed by atoms with Gasteiger partial charge >= 0.3 is 5.97 Å². The van der Waals surface area contributed by atoms with Gasteiger partial charge in [-0.3, -0.25) is 24.5 Å². The molecule has 88 valence electrons. The Morgan fingerprint density at radius 3 is 2.12 bits per heavy atom. The number of rotatable bonds is 3. The first-order valence-corrected chi connectivity index (χ1v) is 4.40. The fraction of sp³-hybridized carbons (Fsp3) is 0.333. The third-order valence-electron chi connectivity index (χ3n) is 1.46. The molecule has 1 fully saturated rings. The molecule has 7 heteroatoms. The largest absolute Gasteiger partial charge is 0.480 e. The summed E-state index contributed by atoms with van der Waals surface area (Å²) in [5.74, 6) is -1.84. The first-order chi connectivity index (χ1) is 7.45. The van der Waals surface area contributed by atoms with Crippen LogP contribution in [-0.4, -0.2) is 35.3 Å². The summed E-state index contributed by atoms with van der Waals surface area (Å²) < 4.78 is 0. The third kappa shape index (κ3) is 7.25. The van der Waals surface area contributed by atoms with E-state index < -0.39 is 11.9 Å². The Kier molecular flexibility index (Phi) is 6.18. The predicted octanol–water partition coefficient (Wildman–Crippen LogP) is -1.20. The van der Waals surface area contributed by atoms with Crippen molar-refractivity contribution in [1.82, 2.24) is 10.6 Å². The Balaban J connectivity index is 0.000000288. The minimum absolute atomic E-state index is 0.148. The van der Waals surface area contributed by atoms with Gasteiger partial charge in [-0.2, -0.15) is 0 Å². The molecule has 0 aromatic heterocycles. The molecule has 0 atom stereocenters.